The van der Waals surface area contributed by atoms with Gasteiger partial charge in [0.1, 0.15) is 11.6 Å². The molecule has 0 spiro atoms. The van der Waals surface area contributed by atoms with E-state index in [1.165, 1.54) is 6.08 Å². The van der Waals surface area contributed by atoms with Gasteiger partial charge in [-0.3, -0.25) is 4.79 Å². The molecule has 0 saturated carbocycles. The molecule has 10 heteroatoms. The van der Waals surface area contributed by atoms with E-state index in [0.29, 0.717) is 53.0 Å². The fourth-order valence-corrected chi connectivity index (χ4v) is 6.01. The van der Waals surface area contributed by atoms with Crippen LogP contribution in [-0.2, 0) is 4.79 Å². The number of aromatic nitrogens is 3. The molecule has 0 bridgehead atoms. The molecule has 3 heterocycles. The molecule has 2 aromatic heterocycles. The van der Waals surface area contributed by atoms with Crippen LogP contribution in [0.25, 0.3) is 28.0 Å². The van der Waals surface area contributed by atoms with Crippen LogP contribution in [0, 0.1) is 0 Å². The summed E-state index contributed by atoms with van der Waals surface area (Å²) in [6, 6.07) is 15.1. The highest BCUT2D eigenvalue weighted by Gasteiger charge is 2.30. The number of anilines is 1. The summed E-state index contributed by atoms with van der Waals surface area (Å²) in [4.78, 5) is 39.7. The lowest BCUT2D eigenvalue weighted by Crippen LogP contribution is -2.54. The van der Waals surface area contributed by atoms with Gasteiger partial charge in [-0.2, -0.15) is 4.98 Å². The fraction of sp³-hybridized carbons (Fsp3) is 0.290. The van der Waals surface area contributed by atoms with Crippen molar-refractivity contribution in [1.29, 1.82) is 0 Å². The molecule has 2 aromatic carbocycles. The lowest BCUT2D eigenvalue weighted by molar-refractivity contribution is -0.126. The largest absolute Gasteiger partial charge is 0.497 e. The number of hydrogen-bond acceptors (Lipinski definition) is 6. The molecule has 1 fully saturated rings. The van der Waals surface area contributed by atoms with Gasteiger partial charge in [-0.1, -0.05) is 66.2 Å². The van der Waals surface area contributed by atoms with Crippen LogP contribution in [0.3, 0.4) is 0 Å². The molecule has 41 heavy (non-hydrogen) atoms. The van der Waals surface area contributed by atoms with E-state index in [1.807, 2.05) is 55.5 Å². The molecule has 4 aromatic rings. The van der Waals surface area contributed by atoms with Gasteiger partial charge in [0.25, 0.3) is 0 Å². The van der Waals surface area contributed by atoms with E-state index in [-0.39, 0.29) is 17.9 Å². The SMILES string of the molecule is C=CC(=O)N1CCN(c2nc(=O)n(-c3ccccc3C(C)C)c3nc(-c4cc(OC)ccc4Br)c(Cl)cc23)[C@@H](C)C1. The number of hydrogen-bond donors (Lipinski definition) is 0. The van der Waals surface area contributed by atoms with Gasteiger partial charge in [0.2, 0.25) is 5.91 Å². The van der Waals surface area contributed by atoms with Crippen molar-refractivity contribution in [3.8, 4) is 22.7 Å². The summed E-state index contributed by atoms with van der Waals surface area (Å²) in [7, 11) is 1.60. The Morgan fingerprint density at radius 1 is 1.17 bits per heavy atom. The Morgan fingerprint density at radius 2 is 1.93 bits per heavy atom. The molecule has 1 saturated heterocycles. The highest BCUT2D eigenvalue weighted by molar-refractivity contribution is 9.10. The van der Waals surface area contributed by atoms with Gasteiger partial charge >= 0.3 is 5.69 Å². The number of rotatable bonds is 6. The summed E-state index contributed by atoms with van der Waals surface area (Å²) in [5, 5.41) is 1.05. The number of carbonyl (C=O) groups excluding carboxylic acids is 1. The highest BCUT2D eigenvalue weighted by atomic mass is 79.9. The zero-order valence-corrected chi connectivity index (χ0v) is 25.7. The minimum Gasteiger partial charge on any atom is -0.497 e. The third-order valence-electron chi connectivity index (χ3n) is 7.42. The molecule has 5 rings (SSSR count). The van der Waals surface area contributed by atoms with E-state index < -0.39 is 5.69 Å². The van der Waals surface area contributed by atoms with E-state index in [1.54, 1.807) is 16.6 Å². The number of piperazine rings is 1. The number of nitrogens with zero attached hydrogens (tertiary/aromatic N) is 5. The Bertz CT molecular complexity index is 1720. The first kappa shape index (κ1) is 28.8. The summed E-state index contributed by atoms with van der Waals surface area (Å²) < 4.78 is 7.82. The van der Waals surface area contributed by atoms with Gasteiger partial charge in [-0.15, -0.1) is 0 Å². The molecular weight excluding hydrogens is 606 g/mol. The first-order chi connectivity index (χ1) is 19.6. The average Bonchev–Trinajstić information content (AvgIpc) is 2.96. The van der Waals surface area contributed by atoms with E-state index in [9.17, 15) is 9.59 Å². The zero-order chi connectivity index (χ0) is 29.4. The zero-order valence-electron chi connectivity index (χ0n) is 23.4. The minimum atomic E-state index is -0.442. The number of fused-ring (bicyclic) bond motifs is 1. The van der Waals surface area contributed by atoms with Crippen molar-refractivity contribution in [2.75, 3.05) is 31.6 Å². The van der Waals surface area contributed by atoms with Crippen LogP contribution in [0.4, 0.5) is 5.82 Å². The van der Waals surface area contributed by atoms with E-state index in [4.69, 9.17) is 21.3 Å². The summed E-state index contributed by atoms with van der Waals surface area (Å²) in [5.41, 5.74) is 2.96. The number of methoxy groups -OCH3 is 1. The molecule has 1 aliphatic heterocycles. The van der Waals surface area contributed by atoms with Crippen LogP contribution in [0.2, 0.25) is 5.02 Å². The molecule has 0 aliphatic carbocycles. The average molecular weight is 637 g/mol. The number of carbonyl (C=O) groups is 1. The molecule has 0 N–H and O–H groups in total. The van der Waals surface area contributed by atoms with Crippen LogP contribution in [0.5, 0.6) is 5.75 Å². The Morgan fingerprint density at radius 3 is 2.61 bits per heavy atom. The number of pyridine rings is 1. The van der Waals surface area contributed by atoms with E-state index in [0.717, 1.165) is 21.3 Å². The van der Waals surface area contributed by atoms with Crippen molar-refractivity contribution >= 4 is 50.3 Å². The Labute approximate surface area is 252 Å². The third kappa shape index (κ3) is 5.36. The topological polar surface area (TPSA) is 80.6 Å². The van der Waals surface area contributed by atoms with Crippen molar-refractivity contribution < 1.29 is 9.53 Å². The third-order valence-corrected chi connectivity index (χ3v) is 8.40. The molecule has 1 atom stereocenters. The highest BCUT2D eigenvalue weighted by Crippen LogP contribution is 2.38. The smallest absolute Gasteiger partial charge is 0.355 e. The van der Waals surface area contributed by atoms with Gasteiger partial charge in [0.05, 0.1) is 28.9 Å². The van der Waals surface area contributed by atoms with Crippen LogP contribution in [-0.4, -0.2) is 58.1 Å². The minimum absolute atomic E-state index is 0.104. The Balaban J connectivity index is 1.79. The maximum atomic E-state index is 13.9. The van der Waals surface area contributed by atoms with Gasteiger partial charge in [-0.05, 0) is 54.8 Å². The summed E-state index contributed by atoms with van der Waals surface area (Å²) in [6.07, 6.45) is 1.32. The van der Waals surface area contributed by atoms with Crippen LogP contribution < -0.4 is 15.3 Å². The molecule has 0 radical (unpaired) electrons. The predicted molar refractivity (Wildman–Crippen MR) is 168 cm³/mol. The molecule has 0 unspecified atom stereocenters. The Kier molecular flexibility index (Phi) is 8.20. The number of halogens is 2. The second-order valence-electron chi connectivity index (χ2n) is 10.3. The molecule has 8 nitrogen and oxygen atoms in total. The normalized spacial score (nSPS) is 15.4. The molecular formula is C31H31BrClN5O3. The summed E-state index contributed by atoms with van der Waals surface area (Å²) in [6.45, 7) is 11.2. The number of amides is 1. The quantitative estimate of drug-likeness (QED) is 0.234. The van der Waals surface area contributed by atoms with Crippen molar-refractivity contribution in [3.05, 3.63) is 86.7 Å². The van der Waals surface area contributed by atoms with Crippen molar-refractivity contribution in [2.24, 2.45) is 0 Å². The van der Waals surface area contributed by atoms with Gasteiger partial charge in [-0.25, -0.2) is 14.3 Å². The monoisotopic (exact) mass is 635 g/mol. The van der Waals surface area contributed by atoms with E-state index in [2.05, 4.69) is 46.2 Å². The standard InChI is InChI=1S/C31H31BrClN5O3/c1-6-27(39)36-13-14-37(19(4)17-36)29-23-16-25(33)28(22-15-20(41-5)11-12-24(22)32)34-30(23)38(31(40)35-29)26-10-8-7-9-21(26)18(2)3/h6-12,15-16,18-19H,1,13-14,17H2,2-5H3/t19-/m0/s1. The molecule has 1 amide bonds. The van der Waals surface area contributed by atoms with Crippen molar-refractivity contribution in [3.63, 3.8) is 0 Å². The second kappa shape index (κ2) is 11.7. The Hall–Kier alpha value is -3.69. The molecule has 212 valence electrons. The first-order valence-electron chi connectivity index (χ1n) is 13.4. The first-order valence-corrected chi connectivity index (χ1v) is 14.6. The lowest BCUT2D eigenvalue weighted by Gasteiger charge is -2.40. The number of ether oxygens (including phenoxy) is 1. The van der Waals surface area contributed by atoms with Crippen LogP contribution >= 0.6 is 27.5 Å². The van der Waals surface area contributed by atoms with Gasteiger partial charge in [0, 0.05) is 35.7 Å². The predicted octanol–water partition coefficient (Wildman–Crippen LogP) is 6.22. The number of benzene rings is 2. The van der Waals surface area contributed by atoms with Gasteiger partial charge in [0.15, 0.2) is 5.65 Å². The maximum absolute atomic E-state index is 13.9. The maximum Gasteiger partial charge on any atom is 0.355 e. The van der Waals surface area contributed by atoms with E-state index >= 15 is 0 Å². The van der Waals surface area contributed by atoms with Crippen LogP contribution in [0.15, 0.2) is 70.5 Å². The second-order valence-corrected chi connectivity index (χ2v) is 11.6. The number of para-hydroxylation sites is 1. The van der Waals surface area contributed by atoms with Crippen molar-refractivity contribution in [2.45, 2.75) is 32.7 Å². The lowest BCUT2D eigenvalue weighted by atomic mass is 10.0. The summed E-state index contributed by atoms with van der Waals surface area (Å²) >= 11 is 10.6. The molecule has 1 aliphatic rings. The van der Waals surface area contributed by atoms with Crippen LogP contribution in [0.1, 0.15) is 32.3 Å². The van der Waals surface area contributed by atoms with Crippen molar-refractivity contribution in [1.82, 2.24) is 19.4 Å². The van der Waals surface area contributed by atoms with Gasteiger partial charge < -0.3 is 14.5 Å². The summed E-state index contributed by atoms with van der Waals surface area (Å²) in [5.74, 6) is 1.18. The fourth-order valence-electron chi connectivity index (χ4n) is 5.32.